The third-order valence-electron chi connectivity index (χ3n) is 5.26. The Labute approximate surface area is 130 Å². The molecule has 0 aromatic rings. The van der Waals surface area contributed by atoms with Crippen molar-refractivity contribution in [2.75, 3.05) is 27.7 Å². The van der Waals surface area contributed by atoms with Crippen LogP contribution >= 0.6 is 0 Å². The lowest BCUT2D eigenvalue weighted by Gasteiger charge is -2.36. The maximum Gasteiger partial charge on any atom is 0.325 e. The van der Waals surface area contributed by atoms with Gasteiger partial charge in [-0.25, -0.2) is 0 Å². The summed E-state index contributed by atoms with van der Waals surface area (Å²) in [6, 6.07) is 0.745. The van der Waals surface area contributed by atoms with Crippen LogP contribution in [0.1, 0.15) is 58.8 Å². The fourth-order valence-corrected chi connectivity index (χ4v) is 3.51. The van der Waals surface area contributed by atoms with Gasteiger partial charge in [0.05, 0.1) is 7.11 Å². The lowest BCUT2D eigenvalue weighted by atomic mass is 9.85. The van der Waals surface area contributed by atoms with E-state index in [4.69, 9.17) is 4.74 Å². The van der Waals surface area contributed by atoms with Crippen LogP contribution in [0.3, 0.4) is 0 Å². The minimum absolute atomic E-state index is 0.167. The van der Waals surface area contributed by atoms with Crippen LogP contribution in [0.4, 0.5) is 0 Å². The van der Waals surface area contributed by atoms with Crippen molar-refractivity contribution in [3.05, 3.63) is 0 Å². The predicted molar refractivity (Wildman–Crippen MR) is 87.4 cm³/mol. The predicted octanol–water partition coefficient (Wildman–Crippen LogP) is 2.82. The Bertz CT molecular complexity index is 322. The van der Waals surface area contributed by atoms with Crippen molar-refractivity contribution in [3.8, 4) is 0 Å². The number of ether oxygens (including phenoxy) is 1. The molecule has 4 nitrogen and oxygen atoms in total. The molecule has 21 heavy (non-hydrogen) atoms. The molecule has 0 saturated heterocycles. The largest absolute Gasteiger partial charge is 0.468 e. The van der Waals surface area contributed by atoms with Crippen LogP contribution in [-0.4, -0.2) is 50.2 Å². The van der Waals surface area contributed by atoms with Gasteiger partial charge in [-0.3, -0.25) is 4.79 Å². The molecule has 0 bridgehead atoms. The molecule has 1 fully saturated rings. The Balaban J connectivity index is 2.31. The number of methoxy groups -OCH3 is 1. The molecule has 1 aliphatic rings. The van der Waals surface area contributed by atoms with Gasteiger partial charge in [0.25, 0.3) is 0 Å². The Morgan fingerprint density at radius 1 is 1.33 bits per heavy atom. The molecule has 0 heterocycles. The van der Waals surface area contributed by atoms with Crippen LogP contribution in [0.25, 0.3) is 0 Å². The molecule has 0 amide bonds. The van der Waals surface area contributed by atoms with Crippen molar-refractivity contribution >= 4 is 5.97 Å². The summed E-state index contributed by atoms with van der Waals surface area (Å²) >= 11 is 0. The van der Waals surface area contributed by atoms with E-state index >= 15 is 0 Å². The number of nitrogens with zero attached hydrogens (tertiary/aromatic N) is 1. The van der Waals surface area contributed by atoms with E-state index in [1.54, 1.807) is 0 Å². The molecule has 4 heteroatoms. The SMILES string of the molecule is CNC(C)(CCCCN(C)C1CCCCC1C)C(=O)OC. The molecular formula is C17H34N2O2. The molecule has 0 aromatic heterocycles. The maximum absolute atomic E-state index is 11.8. The topological polar surface area (TPSA) is 41.6 Å². The highest BCUT2D eigenvalue weighted by atomic mass is 16.5. The molecule has 0 spiro atoms. The maximum atomic E-state index is 11.8. The van der Waals surface area contributed by atoms with E-state index in [2.05, 4.69) is 24.2 Å². The van der Waals surface area contributed by atoms with Crippen LogP contribution in [0.2, 0.25) is 0 Å². The van der Waals surface area contributed by atoms with E-state index in [9.17, 15) is 4.79 Å². The van der Waals surface area contributed by atoms with Gasteiger partial charge >= 0.3 is 5.97 Å². The summed E-state index contributed by atoms with van der Waals surface area (Å²) < 4.78 is 4.88. The van der Waals surface area contributed by atoms with Gasteiger partial charge in [0.15, 0.2) is 0 Å². The number of hydrogen-bond donors (Lipinski definition) is 1. The molecule has 124 valence electrons. The van der Waals surface area contributed by atoms with Crippen molar-refractivity contribution in [3.63, 3.8) is 0 Å². The number of carbonyl (C=O) groups excluding carboxylic acids is 1. The lowest BCUT2D eigenvalue weighted by Crippen LogP contribution is -2.48. The second kappa shape index (κ2) is 8.74. The minimum atomic E-state index is -0.550. The fourth-order valence-electron chi connectivity index (χ4n) is 3.51. The summed E-state index contributed by atoms with van der Waals surface area (Å²) in [6.45, 7) is 5.43. The second-order valence-corrected chi connectivity index (χ2v) is 6.84. The number of rotatable bonds is 8. The van der Waals surface area contributed by atoms with E-state index in [1.807, 2.05) is 14.0 Å². The normalized spacial score (nSPS) is 25.6. The van der Waals surface area contributed by atoms with Crippen LogP contribution in [0.5, 0.6) is 0 Å². The van der Waals surface area contributed by atoms with E-state index in [1.165, 1.54) is 32.8 Å². The smallest absolute Gasteiger partial charge is 0.325 e. The van der Waals surface area contributed by atoms with E-state index < -0.39 is 5.54 Å². The lowest BCUT2D eigenvalue weighted by molar-refractivity contribution is -0.148. The zero-order valence-electron chi connectivity index (χ0n) is 14.6. The first-order chi connectivity index (χ1) is 9.94. The highest BCUT2D eigenvalue weighted by Crippen LogP contribution is 2.27. The second-order valence-electron chi connectivity index (χ2n) is 6.84. The van der Waals surface area contributed by atoms with Gasteiger partial charge in [-0.05, 0) is 65.6 Å². The molecule has 3 atom stereocenters. The van der Waals surface area contributed by atoms with E-state index in [0.29, 0.717) is 0 Å². The monoisotopic (exact) mass is 298 g/mol. The molecule has 1 rings (SSSR count). The first-order valence-electron chi connectivity index (χ1n) is 8.42. The number of hydrogen-bond acceptors (Lipinski definition) is 4. The number of carbonyl (C=O) groups is 1. The average Bonchev–Trinajstić information content (AvgIpc) is 2.50. The molecule has 0 aliphatic heterocycles. The highest BCUT2D eigenvalue weighted by Gasteiger charge is 2.32. The molecule has 1 saturated carbocycles. The van der Waals surface area contributed by atoms with Gasteiger partial charge in [-0.2, -0.15) is 0 Å². The molecule has 0 radical (unpaired) electrons. The number of unbranched alkanes of at least 4 members (excludes halogenated alkanes) is 1. The van der Waals surface area contributed by atoms with Crippen molar-refractivity contribution in [2.24, 2.45) is 5.92 Å². The third kappa shape index (κ3) is 5.26. The van der Waals surface area contributed by atoms with E-state index in [-0.39, 0.29) is 5.97 Å². The van der Waals surface area contributed by atoms with Gasteiger partial charge in [0.1, 0.15) is 5.54 Å². The van der Waals surface area contributed by atoms with Crippen LogP contribution in [0, 0.1) is 5.92 Å². The summed E-state index contributed by atoms with van der Waals surface area (Å²) in [5.41, 5.74) is -0.550. The van der Waals surface area contributed by atoms with Crippen LogP contribution in [0.15, 0.2) is 0 Å². The molecule has 1 aliphatic carbocycles. The van der Waals surface area contributed by atoms with Gasteiger partial charge in [-0.1, -0.05) is 19.8 Å². The molecule has 1 N–H and O–H groups in total. The summed E-state index contributed by atoms with van der Waals surface area (Å²) in [5, 5.41) is 3.10. The fraction of sp³-hybridized carbons (Fsp3) is 0.941. The minimum Gasteiger partial charge on any atom is -0.468 e. The Morgan fingerprint density at radius 2 is 2.00 bits per heavy atom. The zero-order chi connectivity index (χ0) is 15.9. The first kappa shape index (κ1) is 18.4. The van der Waals surface area contributed by atoms with Crippen LogP contribution < -0.4 is 5.32 Å². The average molecular weight is 298 g/mol. The molecule has 3 unspecified atom stereocenters. The first-order valence-corrected chi connectivity index (χ1v) is 8.42. The summed E-state index contributed by atoms with van der Waals surface area (Å²) in [4.78, 5) is 14.3. The quantitative estimate of drug-likeness (QED) is 0.553. The van der Waals surface area contributed by atoms with Crippen molar-refractivity contribution < 1.29 is 9.53 Å². The Hall–Kier alpha value is -0.610. The Kier molecular flexibility index (Phi) is 7.67. The van der Waals surface area contributed by atoms with Crippen molar-refractivity contribution in [2.45, 2.75) is 70.4 Å². The molecular weight excluding hydrogens is 264 g/mol. The van der Waals surface area contributed by atoms with Crippen molar-refractivity contribution in [1.82, 2.24) is 10.2 Å². The third-order valence-corrected chi connectivity index (χ3v) is 5.26. The van der Waals surface area contributed by atoms with Gasteiger partial charge in [0.2, 0.25) is 0 Å². The highest BCUT2D eigenvalue weighted by molar-refractivity contribution is 5.80. The van der Waals surface area contributed by atoms with Crippen molar-refractivity contribution in [1.29, 1.82) is 0 Å². The number of nitrogens with one attached hydrogen (secondary N) is 1. The Morgan fingerprint density at radius 3 is 2.57 bits per heavy atom. The van der Waals surface area contributed by atoms with Gasteiger partial charge in [-0.15, -0.1) is 0 Å². The van der Waals surface area contributed by atoms with Gasteiger partial charge in [0, 0.05) is 6.04 Å². The standard InChI is InChI=1S/C17H34N2O2/c1-14-10-6-7-11-15(14)19(4)13-9-8-12-17(2,18-3)16(20)21-5/h14-15,18H,6-13H2,1-5H3. The number of likely N-dealkylation sites (N-methyl/N-ethyl adjacent to an activating group) is 1. The summed E-state index contributed by atoms with van der Waals surface area (Å²) in [5.74, 6) is 0.653. The van der Waals surface area contributed by atoms with Gasteiger partial charge < -0.3 is 15.0 Å². The molecule has 0 aromatic carbocycles. The number of esters is 1. The zero-order valence-corrected chi connectivity index (χ0v) is 14.6. The van der Waals surface area contributed by atoms with Crippen LogP contribution in [-0.2, 0) is 9.53 Å². The summed E-state index contributed by atoms with van der Waals surface area (Å²) in [6.07, 6.45) is 8.48. The van der Waals surface area contributed by atoms with E-state index in [0.717, 1.165) is 37.8 Å². The summed E-state index contributed by atoms with van der Waals surface area (Å²) in [7, 11) is 5.53.